The normalized spacial score (nSPS) is 18.6. The van der Waals surface area contributed by atoms with Gasteiger partial charge in [-0.05, 0) is 75.6 Å². The summed E-state index contributed by atoms with van der Waals surface area (Å²) in [5.74, 6) is -0.273. The maximum Gasteiger partial charge on any atom is 0.134 e. The molecule has 33 heavy (non-hydrogen) atoms. The molecule has 0 amide bonds. The number of hydrogen-bond acceptors (Lipinski definition) is 5. The van der Waals surface area contributed by atoms with E-state index in [9.17, 15) is 4.39 Å². The molecule has 0 saturated carbocycles. The van der Waals surface area contributed by atoms with Crippen LogP contribution >= 0.6 is 11.6 Å². The second kappa shape index (κ2) is 8.76. The first-order valence-electron chi connectivity index (χ1n) is 11.0. The lowest BCUT2D eigenvalue weighted by molar-refractivity contribution is 0.00460. The van der Waals surface area contributed by atoms with Crippen molar-refractivity contribution in [3.63, 3.8) is 0 Å². The van der Waals surface area contributed by atoms with Crippen LogP contribution in [0.4, 0.5) is 4.39 Å². The van der Waals surface area contributed by atoms with Crippen LogP contribution in [-0.4, -0.2) is 26.5 Å². The standard InChI is InChI=1S/C26H24ClFN4O/c1-14-10-18(6-8-29-14)24-11-17(7-9-33-24)22-13-23-26(31-16(3)15(2)30-23)25(32-22)20-5-4-19(27)12-21(20)28/h4-6,8,10,12-13,17,24H,7,9,11H2,1-3H3/t17-,24-/m1/s1. The van der Waals surface area contributed by atoms with E-state index in [-0.39, 0.29) is 12.0 Å². The number of aromatic nitrogens is 4. The molecular weight excluding hydrogens is 439 g/mol. The Morgan fingerprint density at radius 2 is 1.82 bits per heavy atom. The molecule has 2 atom stereocenters. The zero-order valence-electron chi connectivity index (χ0n) is 18.8. The van der Waals surface area contributed by atoms with E-state index >= 15 is 0 Å². The molecule has 0 aliphatic carbocycles. The van der Waals surface area contributed by atoms with Gasteiger partial charge in [0.1, 0.15) is 17.0 Å². The van der Waals surface area contributed by atoms with Crippen molar-refractivity contribution < 1.29 is 9.13 Å². The first-order valence-corrected chi connectivity index (χ1v) is 11.4. The lowest BCUT2D eigenvalue weighted by Crippen LogP contribution is -2.20. The van der Waals surface area contributed by atoms with E-state index in [1.165, 1.54) is 6.07 Å². The number of halogens is 2. The quantitative estimate of drug-likeness (QED) is 0.350. The van der Waals surface area contributed by atoms with Gasteiger partial charge in [-0.3, -0.25) is 4.98 Å². The van der Waals surface area contributed by atoms with Gasteiger partial charge in [0.05, 0.1) is 23.0 Å². The lowest BCUT2D eigenvalue weighted by atomic mass is 9.88. The molecule has 1 aromatic carbocycles. The van der Waals surface area contributed by atoms with Crippen molar-refractivity contribution in [3.05, 3.63) is 81.8 Å². The number of nitrogens with zero attached hydrogens (tertiary/aromatic N) is 4. The van der Waals surface area contributed by atoms with E-state index in [4.69, 9.17) is 31.3 Å². The highest BCUT2D eigenvalue weighted by Crippen LogP contribution is 2.39. The zero-order chi connectivity index (χ0) is 23.1. The Morgan fingerprint density at radius 1 is 1.00 bits per heavy atom. The minimum absolute atomic E-state index is 0.0375. The number of fused-ring (bicyclic) bond motifs is 1. The second-order valence-electron chi connectivity index (χ2n) is 8.59. The molecule has 3 aromatic heterocycles. The maximum absolute atomic E-state index is 14.9. The van der Waals surface area contributed by atoms with Crippen molar-refractivity contribution in [2.75, 3.05) is 6.61 Å². The van der Waals surface area contributed by atoms with Gasteiger partial charge in [-0.25, -0.2) is 19.3 Å². The highest BCUT2D eigenvalue weighted by Gasteiger charge is 2.28. The van der Waals surface area contributed by atoms with Crippen molar-refractivity contribution in [2.24, 2.45) is 0 Å². The van der Waals surface area contributed by atoms with Crippen LogP contribution in [0.15, 0.2) is 42.6 Å². The summed E-state index contributed by atoms with van der Waals surface area (Å²) >= 11 is 6.00. The van der Waals surface area contributed by atoms with Crippen LogP contribution in [-0.2, 0) is 4.74 Å². The minimum Gasteiger partial charge on any atom is -0.373 e. The number of benzene rings is 1. The highest BCUT2D eigenvalue weighted by molar-refractivity contribution is 6.30. The van der Waals surface area contributed by atoms with Gasteiger partial charge in [-0.15, -0.1) is 0 Å². The predicted octanol–water partition coefficient (Wildman–Crippen LogP) is 6.44. The topological polar surface area (TPSA) is 60.8 Å². The Bertz CT molecular complexity index is 1360. The molecular formula is C26H24ClFN4O. The van der Waals surface area contributed by atoms with Crippen LogP contribution in [0.3, 0.4) is 0 Å². The Kier molecular flexibility index (Phi) is 5.81. The molecule has 1 saturated heterocycles. The Labute approximate surface area is 197 Å². The fourth-order valence-corrected chi connectivity index (χ4v) is 4.55. The van der Waals surface area contributed by atoms with Crippen molar-refractivity contribution in [2.45, 2.75) is 45.6 Å². The molecule has 0 unspecified atom stereocenters. The van der Waals surface area contributed by atoms with Gasteiger partial charge in [-0.1, -0.05) is 11.6 Å². The van der Waals surface area contributed by atoms with Crippen molar-refractivity contribution in [1.29, 1.82) is 0 Å². The van der Waals surface area contributed by atoms with E-state index in [1.54, 1.807) is 12.1 Å². The molecule has 5 nitrogen and oxygen atoms in total. The summed E-state index contributed by atoms with van der Waals surface area (Å²) in [7, 11) is 0. The number of hydrogen-bond donors (Lipinski definition) is 0. The summed E-state index contributed by atoms with van der Waals surface area (Å²) in [5.41, 5.74) is 6.78. The van der Waals surface area contributed by atoms with Gasteiger partial charge < -0.3 is 4.74 Å². The maximum atomic E-state index is 14.9. The van der Waals surface area contributed by atoms with E-state index in [0.29, 0.717) is 28.4 Å². The van der Waals surface area contributed by atoms with E-state index < -0.39 is 5.82 Å². The van der Waals surface area contributed by atoms with Crippen LogP contribution in [0.1, 0.15) is 53.2 Å². The van der Waals surface area contributed by atoms with Crippen LogP contribution in [0.5, 0.6) is 0 Å². The summed E-state index contributed by atoms with van der Waals surface area (Å²) in [6.07, 6.45) is 3.39. The summed E-state index contributed by atoms with van der Waals surface area (Å²) in [4.78, 5) is 18.7. The molecule has 0 spiro atoms. The molecule has 1 fully saturated rings. The molecule has 4 heterocycles. The first-order chi connectivity index (χ1) is 15.9. The van der Waals surface area contributed by atoms with E-state index in [1.807, 2.05) is 39.1 Å². The van der Waals surface area contributed by atoms with Crippen LogP contribution < -0.4 is 0 Å². The first kappa shape index (κ1) is 21.9. The Balaban J connectivity index is 1.62. The van der Waals surface area contributed by atoms with Gasteiger partial charge in [-0.2, -0.15) is 0 Å². The molecule has 0 bridgehead atoms. The number of ether oxygens (including phenoxy) is 1. The Hall–Kier alpha value is -2.96. The third kappa shape index (κ3) is 4.33. The fourth-order valence-electron chi connectivity index (χ4n) is 4.39. The average molecular weight is 463 g/mol. The van der Waals surface area contributed by atoms with Gasteiger partial charge in [0.25, 0.3) is 0 Å². The highest BCUT2D eigenvalue weighted by atomic mass is 35.5. The molecule has 7 heteroatoms. The van der Waals surface area contributed by atoms with Crippen LogP contribution in [0.2, 0.25) is 5.02 Å². The van der Waals surface area contributed by atoms with Crippen molar-refractivity contribution in [1.82, 2.24) is 19.9 Å². The van der Waals surface area contributed by atoms with Gasteiger partial charge >= 0.3 is 0 Å². The summed E-state index contributed by atoms with van der Waals surface area (Å²) < 4.78 is 21.0. The van der Waals surface area contributed by atoms with Crippen LogP contribution in [0.25, 0.3) is 22.3 Å². The SMILES string of the molecule is Cc1cc([C@H]2C[C@H](c3cc4nc(C)c(C)nc4c(-c4ccc(Cl)cc4F)n3)CCO2)ccn1. The molecule has 0 radical (unpaired) electrons. The third-order valence-corrected chi connectivity index (χ3v) is 6.50. The molecule has 4 aromatic rings. The second-order valence-corrected chi connectivity index (χ2v) is 9.03. The minimum atomic E-state index is -0.425. The third-order valence-electron chi connectivity index (χ3n) is 6.26. The Morgan fingerprint density at radius 3 is 2.61 bits per heavy atom. The van der Waals surface area contributed by atoms with E-state index in [2.05, 4.69) is 11.1 Å². The smallest absolute Gasteiger partial charge is 0.134 e. The molecule has 1 aliphatic heterocycles. The van der Waals surface area contributed by atoms with E-state index in [0.717, 1.165) is 46.7 Å². The predicted molar refractivity (Wildman–Crippen MR) is 127 cm³/mol. The number of pyridine rings is 2. The summed E-state index contributed by atoms with van der Waals surface area (Å²) in [5, 5.41) is 0.342. The molecule has 1 aliphatic rings. The molecule has 168 valence electrons. The summed E-state index contributed by atoms with van der Waals surface area (Å²) in [6.45, 7) is 6.43. The largest absolute Gasteiger partial charge is 0.373 e. The number of aryl methyl sites for hydroxylation is 3. The van der Waals surface area contributed by atoms with Gasteiger partial charge in [0.15, 0.2) is 0 Å². The van der Waals surface area contributed by atoms with Crippen LogP contribution in [0, 0.1) is 26.6 Å². The van der Waals surface area contributed by atoms with Gasteiger partial charge in [0, 0.05) is 40.7 Å². The van der Waals surface area contributed by atoms with Crippen molar-refractivity contribution >= 4 is 22.6 Å². The molecule has 5 rings (SSSR count). The van der Waals surface area contributed by atoms with Crippen molar-refractivity contribution in [3.8, 4) is 11.3 Å². The monoisotopic (exact) mass is 462 g/mol. The number of rotatable bonds is 3. The summed E-state index contributed by atoms with van der Waals surface area (Å²) in [6, 6.07) is 10.7. The average Bonchev–Trinajstić information content (AvgIpc) is 2.80. The van der Waals surface area contributed by atoms with Gasteiger partial charge in [0.2, 0.25) is 0 Å². The lowest BCUT2D eigenvalue weighted by Gasteiger charge is -2.30. The fraction of sp³-hybridized carbons (Fsp3) is 0.308. The molecule has 0 N–H and O–H groups in total. The zero-order valence-corrected chi connectivity index (χ0v) is 19.5.